The number of carbonyl (C=O) groups is 2. The van der Waals surface area contributed by atoms with Crippen LogP contribution in [0.1, 0.15) is 35.9 Å². The van der Waals surface area contributed by atoms with E-state index in [-0.39, 0.29) is 23.4 Å². The summed E-state index contributed by atoms with van der Waals surface area (Å²) < 4.78 is 22.6. The lowest BCUT2D eigenvalue weighted by atomic mass is 10.1. The van der Waals surface area contributed by atoms with Gasteiger partial charge in [0, 0.05) is 64.8 Å². The molecule has 11 heteroatoms. The number of aliphatic hydroxyl groups excluding tert-OH is 1. The first-order valence-corrected chi connectivity index (χ1v) is 13.3. The standard InChI is InChI=1S/C29H35FN4O6/c1-4-33-17-23(29(38)39)28(37)22-15-24(30)26(16-25(22)33)34-11-9-32(10-12-34)13-14-40-21-7-5-20(6-8-21)27(36)18-31(3)19(2)35/h5-8,15-17,27,36H,4,9-14,18H2,1-3H3,(H,38,39)/t27-/m0/s1. The molecule has 0 unspecified atom stereocenters. The number of amides is 1. The van der Waals surface area contributed by atoms with Crippen LogP contribution in [0.4, 0.5) is 10.1 Å². The minimum Gasteiger partial charge on any atom is -0.492 e. The predicted molar refractivity (Wildman–Crippen MR) is 150 cm³/mol. The van der Waals surface area contributed by atoms with Crippen LogP contribution < -0.4 is 15.1 Å². The number of hydrogen-bond donors (Lipinski definition) is 2. The van der Waals surface area contributed by atoms with E-state index in [9.17, 15) is 24.6 Å². The fourth-order valence-corrected chi connectivity index (χ4v) is 4.84. The molecule has 2 aromatic carbocycles. The molecule has 1 saturated heterocycles. The zero-order valence-electron chi connectivity index (χ0n) is 23.0. The van der Waals surface area contributed by atoms with E-state index in [0.29, 0.717) is 68.4 Å². The first-order valence-electron chi connectivity index (χ1n) is 13.3. The Hall–Kier alpha value is -3.96. The number of nitrogens with zero attached hydrogens (tertiary/aromatic N) is 4. The van der Waals surface area contributed by atoms with Crippen molar-refractivity contribution in [2.45, 2.75) is 26.5 Å². The number of carboxylic acid groups (broad SMARTS) is 1. The minimum atomic E-state index is -1.33. The van der Waals surface area contributed by atoms with E-state index in [1.54, 1.807) is 41.9 Å². The second-order valence-electron chi connectivity index (χ2n) is 9.95. The third-order valence-corrected chi connectivity index (χ3v) is 7.36. The Morgan fingerprint density at radius 3 is 2.40 bits per heavy atom. The molecule has 0 aliphatic carbocycles. The maximum absolute atomic E-state index is 15.1. The smallest absolute Gasteiger partial charge is 0.341 e. The van der Waals surface area contributed by atoms with Crippen LogP contribution in [0.15, 0.2) is 47.4 Å². The molecule has 1 amide bonds. The average molecular weight is 555 g/mol. The summed E-state index contributed by atoms with van der Waals surface area (Å²) in [6, 6.07) is 9.94. The summed E-state index contributed by atoms with van der Waals surface area (Å²) in [6.07, 6.45) is 0.540. The molecule has 0 spiro atoms. The van der Waals surface area contributed by atoms with Gasteiger partial charge in [0.1, 0.15) is 23.7 Å². The van der Waals surface area contributed by atoms with Crippen molar-refractivity contribution in [1.82, 2.24) is 14.4 Å². The topological polar surface area (TPSA) is 116 Å². The first kappa shape index (κ1) is 29.0. The number of benzene rings is 2. The number of ether oxygens (including phenoxy) is 1. The van der Waals surface area contributed by atoms with Crippen molar-refractivity contribution in [3.8, 4) is 5.75 Å². The molecular formula is C29H35FN4O6. The normalized spacial score (nSPS) is 14.8. The summed E-state index contributed by atoms with van der Waals surface area (Å²) in [5, 5.41) is 19.7. The summed E-state index contributed by atoms with van der Waals surface area (Å²) in [5.41, 5.74) is 0.548. The monoisotopic (exact) mass is 554 g/mol. The lowest BCUT2D eigenvalue weighted by Gasteiger charge is -2.36. The number of hydrogen-bond acceptors (Lipinski definition) is 7. The van der Waals surface area contributed by atoms with Crippen molar-refractivity contribution >= 4 is 28.5 Å². The largest absolute Gasteiger partial charge is 0.492 e. The molecule has 2 N–H and O–H groups in total. The molecule has 4 rings (SSSR count). The molecule has 2 heterocycles. The summed E-state index contributed by atoms with van der Waals surface area (Å²) in [5.74, 6) is -1.31. The van der Waals surface area contributed by atoms with Crippen LogP contribution in [0.25, 0.3) is 10.9 Å². The summed E-state index contributed by atoms with van der Waals surface area (Å²) in [7, 11) is 1.64. The zero-order valence-corrected chi connectivity index (χ0v) is 23.0. The maximum atomic E-state index is 15.1. The Kier molecular flexibility index (Phi) is 9.06. The van der Waals surface area contributed by atoms with E-state index in [0.717, 1.165) is 6.07 Å². The van der Waals surface area contributed by atoms with Crippen LogP contribution in [-0.2, 0) is 11.3 Å². The molecule has 40 heavy (non-hydrogen) atoms. The highest BCUT2D eigenvalue weighted by molar-refractivity contribution is 5.93. The molecule has 0 radical (unpaired) electrons. The number of aromatic carboxylic acids is 1. The summed E-state index contributed by atoms with van der Waals surface area (Å²) in [4.78, 5) is 41.1. The molecule has 0 saturated carbocycles. The molecule has 1 fully saturated rings. The Morgan fingerprint density at radius 1 is 1.12 bits per heavy atom. The number of halogens is 1. The van der Waals surface area contributed by atoms with E-state index in [4.69, 9.17) is 4.74 Å². The number of aromatic nitrogens is 1. The molecule has 1 atom stereocenters. The fraction of sp³-hybridized carbons (Fsp3) is 0.414. The second kappa shape index (κ2) is 12.5. The Balaban J connectivity index is 1.32. The molecule has 1 aliphatic rings. The van der Waals surface area contributed by atoms with E-state index in [1.165, 1.54) is 18.0 Å². The Labute approximate surface area is 231 Å². The van der Waals surface area contributed by atoms with Crippen LogP contribution in [0.2, 0.25) is 0 Å². The van der Waals surface area contributed by atoms with Crippen molar-refractivity contribution in [3.05, 3.63) is 69.8 Å². The minimum absolute atomic E-state index is 0.0599. The van der Waals surface area contributed by atoms with Crippen LogP contribution in [0.5, 0.6) is 5.75 Å². The van der Waals surface area contributed by atoms with Gasteiger partial charge in [-0.3, -0.25) is 14.5 Å². The van der Waals surface area contributed by atoms with Crippen molar-refractivity contribution in [2.24, 2.45) is 0 Å². The van der Waals surface area contributed by atoms with E-state index in [1.807, 2.05) is 11.8 Å². The number of carbonyl (C=O) groups excluding carboxylic acids is 1. The molecule has 1 aliphatic heterocycles. The number of fused-ring (bicyclic) bond motifs is 1. The molecule has 0 bridgehead atoms. The number of piperazine rings is 1. The fourth-order valence-electron chi connectivity index (χ4n) is 4.84. The number of aliphatic hydroxyl groups is 1. The first-order chi connectivity index (χ1) is 19.1. The average Bonchev–Trinajstić information content (AvgIpc) is 2.93. The van der Waals surface area contributed by atoms with Gasteiger partial charge >= 0.3 is 5.97 Å². The van der Waals surface area contributed by atoms with E-state index >= 15 is 4.39 Å². The molecule has 10 nitrogen and oxygen atoms in total. The Morgan fingerprint density at radius 2 is 1.80 bits per heavy atom. The van der Waals surface area contributed by atoms with Gasteiger partial charge in [-0.2, -0.15) is 0 Å². The zero-order chi connectivity index (χ0) is 29.0. The number of carboxylic acids is 1. The van der Waals surface area contributed by atoms with Crippen molar-refractivity contribution < 1.29 is 28.9 Å². The van der Waals surface area contributed by atoms with Gasteiger partial charge in [-0.05, 0) is 36.8 Å². The number of rotatable bonds is 10. The molecule has 1 aromatic heterocycles. The van der Waals surface area contributed by atoms with Gasteiger partial charge in [-0.25, -0.2) is 9.18 Å². The third kappa shape index (κ3) is 6.43. The SMILES string of the molecule is CCn1cc(C(=O)O)c(=O)c2cc(F)c(N3CCN(CCOc4ccc([C@@H](O)CN(C)C(C)=O)cc4)CC3)cc21. The van der Waals surface area contributed by atoms with Crippen LogP contribution in [-0.4, -0.2) is 89.4 Å². The lowest BCUT2D eigenvalue weighted by Crippen LogP contribution is -2.47. The highest BCUT2D eigenvalue weighted by Crippen LogP contribution is 2.26. The summed E-state index contributed by atoms with van der Waals surface area (Å²) >= 11 is 0. The third-order valence-electron chi connectivity index (χ3n) is 7.36. The van der Waals surface area contributed by atoms with Crippen molar-refractivity contribution in [2.75, 3.05) is 57.8 Å². The molecular weight excluding hydrogens is 519 g/mol. The van der Waals surface area contributed by atoms with Crippen LogP contribution in [0.3, 0.4) is 0 Å². The summed E-state index contributed by atoms with van der Waals surface area (Å²) in [6.45, 7) is 7.69. The van der Waals surface area contributed by atoms with Gasteiger partial charge < -0.3 is 29.3 Å². The van der Waals surface area contributed by atoms with Crippen LogP contribution >= 0.6 is 0 Å². The maximum Gasteiger partial charge on any atom is 0.341 e. The van der Waals surface area contributed by atoms with Gasteiger partial charge in [0.15, 0.2) is 0 Å². The van der Waals surface area contributed by atoms with Crippen LogP contribution in [0, 0.1) is 5.82 Å². The van der Waals surface area contributed by atoms with Crippen molar-refractivity contribution in [1.29, 1.82) is 0 Å². The van der Waals surface area contributed by atoms with E-state index in [2.05, 4.69) is 4.90 Å². The number of pyridine rings is 1. The predicted octanol–water partition coefficient (Wildman–Crippen LogP) is 2.57. The quantitative estimate of drug-likeness (QED) is 0.393. The van der Waals surface area contributed by atoms with Gasteiger partial charge in [0.25, 0.3) is 0 Å². The number of likely N-dealkylation sites (N-methyl/N-ethyl adjacent to an activating group) is 1. The van der Waals surface area contributed by atoms with Gasteiger partial charge in [-0.1, -0.05) is 12.1 Å². The molecule has 214 valence electrons. The van der Waals surface area contributed by atoms with Gasteiger partial charge in [0.2, 0.25) is 11.3 Å². The Bertz CT molecular complexity index is 1430. The van der Waals surface area contributed by atoms with E-state index < -0.39 is 23.3 Å². The highest BCUT2D eigenvalue weighted by atomic mass is 19.1. The lowest BCUT2D eigenvalue weighted by molar-refractivity contribution is -0.128. The van der Waals surface area contributed by atoms with Gasteiger partial charge in [-0.15, -0.1) is 0 Å². The second-order valence-corrected chi connectivity index (χ2v) is 9.95. The number of aryl methyl sites for hydroxylation is 1. The number of anilines is 1. The molecule has 3 aromatic rings. The van der Waals surface area contributed by atoms with Crippen molar-refractivity contribution in [3.63, 3.8) is 0 Å². The highest BCUT2D eigenvalue weighted by Gasteiger charge is 2.22. The van der Waals surface area contributed by atoms with Gasteiger partial charge in [0.05, 0.1) is 23.9 Å².